The van der Waals surface area contributed by atoms with Gasteiger partial charge in [0.25, 0.3) is 0 Å². The van der Waals surface area contributed by atoms with Crippen LogP contribution in [0.15, 0.2) is 10.9 Å². The maximum Gasteiger partial charge on any atom is 0.228 e. The fraction of sp³-hybridized carbons (Fsp3) is 0.700. The second-order valence-electron chi connectivity index (χ2n) is 4.15. The van der Waals surface area contributed by atoms with E-state index in [0.717, 1.165) is 19.3 Å². The van der Waals surface area contributed by atoms with Crippen LogP contribution in [-0.4, -0.2) is 28.6 Å². The third kappa shape index (κ3) is 2.79. The summed E-state index contributed by atoms with van der Waals surface area (Å²) in [5.74, 6) is 0.716. The molecule has 0 bridgehead atoms. The van der Waals surface area contributed by atoms with Crippen molar-refractivity contribution >= 4 is 5.91 Å². The zero-order chi connectivity index (χ0) is 11.4. The third-order valence-corrected chi connectivity index (χ3v) is 2.89. The third-order valence-electron chi connectivity index (χ3n) is 2.89. The average molecular weight is 224 g/mol. The van der Waals surface area contributed by atoms with E-state index < -0.39 is 0 Å². The average Bonchev–Trinajstić information content (AvgIpc) is 2.89. The second kappa shape index (κ2) is 5.07. The number of rotatable bonds is 4. The molecule has 1 aliphatic rings. The van der Waals surface area contributed by atoms with Crippen LogP contribution in [0.1, 0.15) is 25.2 Å². The van der Waals surface area contributed by atoms with E-state index >= 15 is 0 Å². The van der Waals surface area contributed by atoms with Gasteiger partial charge in [-0.1, -0.05) is 5.16 Å². The lowest BCUT2D eigenvalue weighted by Gasteiger charge is -2.09. The smallest absolute Gasteiger partial charge is 0.228 e. The summed E-state index contributed by atoms with van der Waals surface area (Å²) in [6.45, 7) is 0.534. The summed E-state index contributed by atoms with van der Waals surface area (Å²) in [6, 6.07) is 0.187. The first-order chi connectivity index (χ1) is 7.75. The largest absolute Gasteiger partial charge is 0.355 e. The molecule has 2 atom stereocenters. The molecule has 1 amide bonds. The highest BCUT2D eigenvalue weighted by Gasteiger charge is 2.27. The molecular weight excluding hydrogens is 208 g/mol. The first-order valence-electron chi connectivity index (χ1n) is 5.54. The van der Waals surface area contributed by atoms with Crippen LogP contribution in [0.3, 0.4) is 0 Å². The first-order valence-corrected chi connectivity index (χ1v) is 5.54. The van der Waals surface area contributed by atoms with Crippen molar-refractivity contribution in [2.45, 2.75) is 31.7 Å². The summed E-state index contributed by atoms with van der Waals surface area (Å²) in [5, 5.41) is 6.35. The lowest BCUT2D eigenvalue weighted by atomic mass is 10.1. The highest BCUT2D eigenvalue weighted by atomic mass is 16.5. The highest BCUT2D eigenvalue weighted by molar-refractivity contribution is 5.78. The number of nitrogens with one attached hydrogen (secondary N) is 1. The number of hydrogen-bond donors (Lipinski definition) is 2. The number of hydrogen-bond acceptors (Lipinski definition) is 5. The standard InChI is InChI=1S/C10H16N4O2/c11-8-2-1-7(5-8)10(15)12-4-3-9-13-6-14-16-9/h6-8H,1-5,11H2,(H,12,15). The van der Waals surface area contributed by atoms with E-state index in [-0.39, 0.29) is 17.9 Å². The number of nitrogens with zero attached hydrogens (tertiary/aromatic N) is 2. The van der Waals surface area contributed by atoms with E-state index in [1.54, 1.807) is 0 Å². The molecule has 1 aromatic rings. The van der Waals surface area contributed by atoms with E-state index in [1.807, 2.05) is 0 Å². The number of amides is 1. The van der Waals surface area contributed by atoms with Gasteiger partial charge in [-0.15, -0.1) is 0 Å². The van der Waals surface area contributed by atoms with Crippen molar-refractivity contribution < 1.29 is 9.32 Å². The monoisotopic (exact) mass is 224 g/mol. The van der Waals surface area contributed by atoms with Gasteiger partial charge in [0, 0.05) is 24.9 Å². The van der Waals surface area contributed by atoms with Gasteiger partial charge in [-0.3, -0.25) is 4.79 Å². The molecule has 1 heterocycles. The van der Waals surface area contributed by atoms with Crippen LogP contribution < -0.4 is 11.1 Å². The predicted octanol–water partition coefficient (Wildman–Crippen LogP) is -0.144. The predicted molar refractivity (Wildman–Crippen MR) is 56.3 cm³/mol. The Morgan fingerprint density at radius 3 is 3.12 bits per heavy atom. The molecule has 16 heavy (non-hydrogen) atoms. The fourth-order valence-electron chi connectivity index (χ4n) is 2.00. The van der Waals surface area contributed by atoms with Gasteiger partial charge in [-0.05, 0) is 19.3 Å². The van der Waals surface area contributed by atoms with Crippen LogP contribution in [0.5, 0.6) is 0 Å². The molecular formula is C10H16N4O2. The molecule has 0 aliphatic heterocycles. The Kier molecular flexibility index (Phi) is 3.51. The van der Waals surface area contributed by atoms with Gasteiger partial charge < -0.3 is 15.6 Å². The first kappa shape index (κ1) is 11.1. The van der Waals surface area contributed by atoms with Gasteiger partial charge in [0.1, 0.15) is 0 Å². The van der Waals surface area contributed by atoms with Crippen LogP contribution in [0.25, 0.3) is 0 Å². The normalized spacial score (nSPS) is 24.6. The molecule has 1 saturated carbocycles. The molecule has 1 aromatic heterocycles. The van der Waals surface area contributed by atoms with Crippen molar-refractivity contribution in [3.05, 3.63) is 12.2 Å². The molecule has 0 aromatic carbocycles. The van der Waals surface area contributed by atoms with Gasteiger partial charge in [0.2, 0.25) is 11.8 Å². The minimum Gasteiger partial charge on any atom is -0.355 e. The Labute approximate surface area is 93.6 Å². The van der Waals surface area contributed by atoms with Crippen LogP contribution in [-0.2, 0) is 11.2 Å². The fourth-order valence-corrected chi connectivity index (χ4v) is 2.00. The zero-order valence-corrected chi connectivity index (χ0v) is 9.06. The Morgan fingerprint density at radius 1 is 1.62 bits per heavy atom. The van der Waals surface area contributed by atoms with E-state index in [1.165, 1.54) is 6.33 Å². The summed E-state index contributed by atoms with van der Waals surface area (Å²) in [4.78, 5) is 15.6. The molecule has 3 N–H and O–H groups in total. The summed E-state index contributed by atoms with van der Waals surface area (Å²) in [7, 11) is 0. The highest BCUT2D eigenvalue weighted by Crippen LogP contribution is 2.23. The SMILES string of the molecule is NC1CCC(C(=O)NCCc2ncno2)C1. The number of carbonyl (C=O) groups excluding carboxylic acids is 1. The molecule has 0 spiro atoms. The summed E-state index contributed by atoms with van der Waals surface area (Å²) < 4.78 is 4.83. The Morgan fingerprint density at radius 2 is 2.50 bits per heavy atom. The molecule has 2 rings (SSSR count). The van der Waals surface area contributed by atoms with Crippen molar-refractivity contribution in [3.63, 3.8) is 0 Å². The van der Waals surface area contributed by atoms with Crippen molar-refractivity contribution in [2.75, 3.05) is 6.54 Å². The topological polar surface area (TPSA) is 94.0 Å². The zero-order valence-electron chi connectivity index (χ0n) is 9.06. The van der Waals surface area contributed by atoms with E-state index in [0.29, 0.717) is 18.9 Å². The van der Waals surface area contributed by atoms with E-state index in [4.69, 9.17) is 10.3 Å². The maximum atomic E-state index is 11.7. The van der Waals surface area contributed by atoms with Crippen LogP contribution in [0, 0.1) is 5.92 Å². The molecule has 0 saturated heterocycles. The van der Waals surface area contributed by atoms with Crippen LogP contribution in [0.4, 0.5) is 0 Å². The van der Waals surface area contributed by atoms with Crippen LogP contribution in [0.2, 0.25) is 0 Å². The van der Waals surface area contributed by atoms with Crippen molar-refractivity contribution in [1.82, 2.24) is 15.5 Å². The Balaban J connectivity index is 1.68. The van der Waals surface area contributed by atoms with Gasteiger partial charge in [0.15, 0.2) is 6.33 Å². The minimum atomic E-state index is 0.0812. The summed E-state index contributed by atoms with van der Waals surface area (Å²) in [5.41, 5.74) is 5.76. The summed E-state index contributed by atoms with van der Waals surface area (Å²) >= 11 is 0. The lowest BCUT2D eigenvalue weighted by Crippen LogP contribution is -2.31. The quantitative estimate of drug-likeness (QED) is 0.742. The molecule has 6 nitrogen and oxygen atoms in total. The minimum absolute atomic E-state index is 0.0812. The van der Waals surface area contributed by atoms with Crippen molar-refractivity contribution in [3.8, 4) is 0 Å². The molecule has 0 radical (unpaired) electrons. The molecule has 2 unspecified atom stereocenters. The number of nitrogens with two attached hydrogens (primary N) is 1. The number of aromatic nitrogens is 2. The second-order valence-corrected chi connectivity index (χ2v) is 4.15. The van der Waals surface area contributed by atoms with E-state index in [2.05, 4.69) is 15.5 Å². The molecule has 88 valence electrons. The van der Waals surface area contributed by atoms with Gasteiger partial charge in [-0.2, -0.15) is 4.98 Å². The number of carbonyl (C=O) groups is 1. The maximum absolute atomic E-state index is 11.7. The summed E-state index contributed by atoms with van der Waals surface area (Å²) in [6.07, 6.45) is 4.57. The Bertz CT molecular complexity index is 339. The lowest BCUT2D eigenvalue weighted by molar-refractivity contribution is -0.124. The molecule has 1 fully saturated rings. The van der Waals surface area contributed by atoms with Crippen LogP contribution >= 0.6 is 0 Å². The van der Waals surface area contributed by atoms with Gasteiger partial charge in [0.05, 0.1) is 0 Å². The Hall–Kier alpha value is -1.43. The van der Waals surface area contributed by atoms with Gasteiger partial charge in [-0.25, -0.2) is 0 Å². The van der Waals surface area contributed by atoms with E-state index in [9.17, 15) is 4.79 Å². The van der Waals surface area contributed by atoms with Crippen molar-refractivity contribution in [1.29, 1.82) is 0 Å². The van der Waals surface area contributed by atoms with Gasteiger partial charge >= 0.3 is 0 Å². The van der Waals surface area contributed by atoms with Crippen molar-refractivity contribution in [2.24, 2.45) is 11.7 Å². The molecule has 6 heteroatoms. The molecule has 1 aliphatic carbocycles.